The molecule has 1 rings (SSSR count). The molecule has 1 atom stereocenters. The van der Waals surface area contributed by atoms with E-state index in [4.69, 9.17) is 9.69 Å². The Morgan fingerprint density at radius 1 is 1.50 bits per heavy atom. The van der Waals surface area contributed by atoms with E-state index in [-0.39, 0.29) is 0 Å². The van der Waals surface area contributed by atoms with Crippen LogP contribution in [0.15, 0.2) is 18.3 Å². The maximum atomic E-state index is 9.15. The summed E-state index contributed by atoms with van der Waals surface area (Å²) < 4.78 is 5.87. The Morgan fingerprint density at radius 3 is 2.50 bits per heavy atom. The van der Waals surface area contributed by atoms with Crippen LogP contribution >= 0.6 is 0 Å². The molecule has 0 radical (unpaired) electrons. The van der Waals surface area contributed by atoms with Crippen LogP contribution < -0.4 is 0 Å². The first-order valence-electron chi connectivity index (χ1n) is 4.63. The average molecular weight is 208 g/mol. The predicted octanol–water partition coefficient (Wildman–Crippen LogP) is 2.60. The number of nitriles is 1. The molecule has 14 heavy (non-hydrogen) atoms. The Labute approximate surface area is 85.8 Å². The Hall–Kier alpha value is -1.05. The van der Waals surface area contributed by atoms with Gasteiger partial charge in [-0.05, 0) is 38.7 Å². The van der Waals surface area contributed by atoms with Crippen molar-refractivity contribution in [3.05, 3.63) is 24.0 Å². The van der Waals surface area contributed by atoms with Crippen molar-refractivity contribution in [2.75, 3.05) is 0 Å². The van der Waals surface area contributed by atoms with E-state index in [1.165, 1.54) is 0 Å². The van der Waals surface area contributed by atoms with Gasteiger partial charge in [0.05, 0.1) is 5.69 Å². The minimum atomic E-state index is -1.71. The van der Waals surface area contributed by atoms with Crippen LogP contribution in [-0.2, 0) is 10.0 Å². The molecule has 0 fully saturated rings. The molecular formula is C10H16N2OSi. The van der Waals surface area contributed by atoms with Crippen LogP contribution in [0.5, 0.6) is 0 Å². The summed E-state index contributed by atoms with van der Waals surface area (Å²) in [5, 5.41) is 9.15. The van der Waals surface area contributed by atoms with Gasteiger partial charge in [-0.25, -0.2) is 0 Å². The van der Waals surface area contributed by atoms with Gasteiger partial charge < -0.3 is 9.41 Å². The summed E-state index contributed by atoms with van der Waals surface area (Å²) in [6, 6.07) is 5.97. The summed E-state index contributed by atoms with van der Waals surface area (Å²) in [7, 11) is -1.71. The van der Waals surface area contributed by atoms with E-state index in [9.17, 15) is 0 Å². The number of nitrogens with one attached hydrogen (secondary N) is 1. The van der Waals surface area contributed by atoms with Gasteiger partial charge in [-0.15, -0.1) is 0 Å². The van der Waals surface area contributed by atoms with E-state index in [0.29, 0.717) is 0 Å². The number of nitrogens with zero attached hydrogens (tertiary/aromatic N) is 1. The van der Waals surface area contributed by atoms with Crippen LogP contribution in [0.1, 0.15) is 12.6 Å². The van der Waals surface area contributed by atoms with Crippen molar-refractivity contribution >= 4 is 8.32 Å². The molecule has 4 heteroatoms. The van der Waals surface area contributed by atoms with Crippen molar-refractivity contribution in [3.8, 4) is 6.07 Å². The summed E-state index contributed by atoms with van der Waals surface area (Å²) in [5.74, 6) is 0. The second-order valence-electron chi connectivity index (χ2n) is 4.44. The largest absolute Gasteiger partial charge is 0.396 e. The third-order valence-corrected chi connectivity index (χ3v) is 2.86. The van der Waals surface area contributed by atoms with Crippen LogP contribution in [0.4, 0.5) is 0 Å². The lowest BCUT2D eigenvalue weighted by Crippen LogP contribution is -2.37. The molecule has 76 valence electrons. The van der Waals surface area contributed by atoms with Gasteiger partial charge in [-0.3, -0.25) is 0 Å². The Morgan fingerprint density at radius 2 is 2.14 bits per heavy atom. The molecule has 0 aliphatic carbocycles. The highest BCUT2D eigenvalue weighted by atomic mass is 28.4. The number of hydrogen-bond acceptors (Lipinski definition) is 2. The molecule has 0 amide bonds. The zero-order valence-electron chi connectivity index (χ0n) is 9.09. The molecule has 0 aliphatic rings. The normalized spacial score (nSPS) is 15.9. The minimum absolute atomic E-state index is 0.822. The Balaban J connectivity index is 2.95. The molecule has 0 spiro atoms. The third kappa shape index (κ3) is 2.47. The average Bonchev–Trinajstić information content (AvgIpc) is 2.53. The number of H-pyrrole nitrogens is 1. The fraction of sp³-hybridized carbons (Fsp3) is 0.500. The highest BCUT2D eigenvalue weighted by molar-refractivity contribution is 6.69. The van der Waals surface area contributed by atoms with Gasteiger partial charge in [-0.1, -0.05) is 0 Å². The quantitative estimate of drug-likeness (QED) is 0.776. The predicted molar refractivity (Wildman–Crippen MR) is 58.2 cm³/mol. The zero-order valence-corrected chi connectivity index (χ0v) is 10.1. The van der Waals surface area contributed by atoms with E-state index in [1.54, 1.807) is 13.1 Å². The third-order valence-electron chi connectivity index (χ3n) is 1.84. The molecule has 3 nitrogen and oxygen atoms in total. The molecule has 0 aromatic carbocycles. The minimum Gasteiger partial charge on any atom is -0.396 e. The lowest BCUT2D eigenvalue weighted by atomic mass is 10.1. The first kappa shape index (κ1) is 11.0. The van der Waals surface area contributed by atoms with Gasteiger partial charge in [0.2, 0.25) is 0 Å². The van der Waals surface area contributed by atoms with Gasteiger partial charge >= 0.3 is 0 Å². The van der Waals surface area contributed by atoms with Gasteiger partial charge in [0, 0.05) is 6.20 Å². The van der Waals surface area contributed by atoms with E-state index in [2.05, 4.69) is 30.7 Å². The van der Waals surface area contributed by atoms with Crippen LogP contribution in [0, 0.1) is 11.3 Å². The lowest BCUT2D eigenvalue weighted by molar-refractivity contribution is 0.136. The number of aromatic nitrogens is 1. The molecule has 1 aromatic heterocycles. The molecule has 0 bridgehead atoms. The molecule has 0 saturated carbocycles. The summed E-state index contributed by atoms with van der Waals surface area (Å²) in [4.78, 5) is 3.03. The van der Waals surface area contributed by atoms with E-state index < -0.39 is 13.9 Å². The summed E-state index contributed by atoms with van der Waals surface area (Å²) in [5.41, 5.74) is -0.0176. The molecule has 1 heterocycles. The monoisotopic (exact) mass is 208 g/mol. The van der Waals surface area contributed by atoms with Crippen molar-refractivity contribution in [2.24, 2.45) is 0 Å². The summed E-state index contributed by atoms with van der Waals surface area (Å²) in [6.07, 6.45) is 1.80. The SMILES string of the molecule is CC(C#N)(O[Si](C)(C)C)c1ccc[nH]1. The van der Waals surface area contributed by atoms with Gasteiger partial charge in [0.25, 0.3) is 0 Å². The smallest absolute Gasteiger partial charge is 0.186 e. The number of aromatic amines is 1. The number of rotatable bonds is 3. The molecular weight excluding hydrogens is 192 g/mol. The summed E-state index contributed by atoms with van der Waals surface area (Å²) >= 11 is 0. The van der Waals surface area contributed by atoms with Crippen LogP contribution in [-0.4, -0.2) is 13.3 Å². The topological polar surface area (TPSA) is 48.8 Å². The van der Waals surface area contributed by atoms with Crippen LogP contribution in [0.3, 0.4) is 0 Å². The lowest BCUT2D eigenvalue weighted by Gasteiger charge is -2.29. The van der Waals surface area contributed by atoms with Gasteiger partial charge in [-0.2, -0.15) is 5.26 Å². The van der Waals surface area contributed by atoms with Crippen LogP contribution in [0.25, 0.3) is 0 Å². The van der Waals surface area contributed by atoms with E-state index >= 15 is 0 Å². The van der Waals surface area contributed by atoms with Gasteiger partial charge in [0.15, 0.2) is 13.9 Å². The molecule has 1 aromatic rings. The highest BCUT2D eigenvalue weighted by Crippen LogP contribution is 2.26. The van der Waals surface area contributed by atoms with E-state index in [0.717, 1.165) is 5.69 Å². The van der Waals surface area contributed by atoms with Crippen molar-refractivity contribution in [2.45, 2.75) is 32.2 Å². The fourth-order valence-electron chi connectivity index (χ4n) is 1.38. The fourth-order valence-corrected chi connectivity index (χ4v) is 2.76. The van der Waals surface area contributed by atoms with Crippen molar-refractivity contribution < 1.29 is 4.43 Å². The first-order chi connectivity index (χ1) is 6.37. The molecule has 1 unspecified atom stereocenters. The Kier molecular flexibility index (Phi) is 2.83. The van der Waals surface area contributed by atoms with E-state index in [1.807, 2.05) is 12.1 Å². The van der Waals surface area contributed by atoms with Crippen molar-refractivity contribution in [1.82, 2.24) is 4.98 Å². The van der Waals surface area contributed by atoms with Crippen LogP contribution in [0.2, 0.25) is 19.6 Å². The maximum absolute atomic E-state index is 9.15. The van der Waals surface area contributed by atoms with Gasteiger partial charge in [0.1, 0.15) is 6.07 Å². The standard InChI is InChI=1S/C10H16N2OSi/c1-10(8-11,13-14(2,3)4)9-6-5-7-12-9/h5-7,12H,1-4H3. The van der Waals surface area contributed by atoms with Crippen molar-refractivity contribution in [3.63, 3.8) is 0 Å². The molecule has 0 saturated heterocycles. The first-order valence-corrected chi connectivity index (χ1v) is 8.03. The van der Waals surface area contributed by atoms with Crippen molar-refractivity contribution in [1.29, 1.82) is 5.26 Å². The second-order valence-corrected chi connectivity index (χ2v) is 8.87. The maximum Gasteiger partial charge on any atom is 0.186 e. The zero-order chi connectivity index (χ0) is 10.8. The second kappa shape index (κ2) is 3.60. The Bertz CT molecular complexity index is 334. The summed E-state index contributed by atoms with van der Waals surface area (Å²) in [6.45, 7) is 8.03. The molecule has 0 aliphatic heterocycles. The molecule has 1 N–H and O–H groups in total. The number of hydrogen-bond donors (Lipinski definition) is 1. The highest BCUT2D eigenvalue weighted by Gasteiger charge is 2.34.